The van der Waals surface area contributed by atoms with Crippen molar-refractivity contribution in [1.29, 1.82) is 0 Å². The van der Waals surface area contributed by atoms with Crippen molar-refractivity contribution in [3.8, 4) is 0 Å². The van der Waals surface area contributed by atoms with E-state index in [2.05, 4.69) is 5.32 Å². The van der Waals surface area contributed by atoms with Crippen molar-refractivity contribution in [2.75, 3.05) is 32.8 Å². The van der Waals surface area contributed by atoms with Gasteiger partial charge in [-0.3, -0.25) is 4.79 Å². The zero-order valence-corrected chi connectivity index (χ0v) is 9.17. The molecule has 15 heavy (non-hydrogen) atoms. The number of carbonyl (C=O) groups excluding carboxylic acids is 1. The zero-order valence-electron chi connectivity index (χ0n) is 9.17. The molecule has 0 aromatic rings. The van der Waals surface area contributed by atoms with Gasteiger partial charge in [0.2, 0.25) is 5.91 Å². The summed E-state index contributed by atoms with van der Waals surface area (Å²) in [4.78, 5) is 13.4. The van der Waals surface area contributed by atoms with Crippen LogP contribution in [0.25, 0.3) is 0 Å². The molecule has 2 saturated heterocycles. The number of aliphatic hydroxyl groups is 1. The first kappa shape index (κ1) is 10.9. The number of carbonyl (C=O) groups is 1. The molecule has 1 unspecified atom stereocenters. The van der Waals surface area contributed by atoms with Gasteiger partial charge in [0.1, 0.15) is 0 Å². The number of rotatable bonds is 2. The van der Waals surface area contributed by atoms with E-state index in [1.165, 1.54) is 12.8 Å². The van der Waals surface area contributed by atoms with Gasteiger partial charge in [-0.25, -0.2) is 0 Å². The number of amides is 1. The maximum Gasteiger partial charge on any atom is 0.222 e. The highest BCUT2D eigenvalue weighted by Crippen LogP contribution is 2.36. The van der Waals surface area contributed by atoms with Gasteiger partial charge in [0.15, 0.2) is 0 Å². The number of aliphatic hydroxyl groups excluding tert-OH is 1. The summed E-state index contributed by atoms with van der Waals surface area (Å²) in [6, 6.07) is 0. The first-order valence-electron chi connectivity index (χ1n) is 5.85. The van der Waals surface area contributed by atoms with Gasteiger partial charge >= 0.3 is 0 Å². The molecule has 1 amide bonds. The van der Waals surface area contributed by atoms with Crippen molar-refractivity contribution in [3.05, 3.63) is 0 Å². The minimum atomic E-state index is 0.0786. The summed E-state index contributed by atoms with van der Waals surface area (Å²) in [5.74, 6) is 0.209. The van der Waals surface area contributed by atoms with Crippen LogP contribution in [0.2, 0.25) is 0 Å². The van der Waals surface area contributed by atoms with Crippen LogP contribution in [-0.2, 0) is 4.79 Å². The van der Waals surface area contributed by atoms with E-state index in [0.717, 1.165) is 26.1 Å². The Morgan fingerprint density at radius 3 is 3.00 bits per heavy atom. The van der Waals surface area contributed by atoms with E-state index in [1.807, 2.05) is 4.90 Å². The summed E-state index contributed by atoms with van der Waals surface area (Å²) in [6.07, 6.45) is 4.10. The van der Waals surface area contributed by atoms with Crippen molar-refractivity contribution in [3.63, 3.8) is 0 Å². The lowest BCUT2D eigenvalue weighted by molar-refractivity contribution is -0.138. The Kier molecular flexibility index (Phi) is 3.26. The van der Waals surface area contributed by atoms with Gasteiger partial charge in [0.25, 0.3) is 0 Å². The molecule has 2 N–H and O–H groups in total. The number of likely N-dealkylation sites (tertiary alicyclic amines) is 1. The molecular formula is C11H20N2O2. The van der Waals surface area contributed by atoms with Crippen molar-refractivity contribution in [2.24, 2.45) is 5.41 Å². The lowest BCUT2D eigenvalue weighted by atomic mass is 9.74. The first-order valence-corrected chi connectivity index (χ1v) is 5.85. The van der Waals surface area contributed by atoms with Crippen molar-refractivity contribution in [1.82, 2.24) is 10.2 Å². The Bertz CT molecular complexity index is 237. The zero-order chi connectivity index (χ0) is 10.7. The molecule has 2 fully saturated rings. The number of nitrogens with one attached hydrogen (secondary N) is 1. The molecule has 2 heterocycles. The van der Waals surface area contributed by atoms with Crippen LogP contribution in [0.5, 0.6) is 0 Å². The van der Waals surface area contributed by atoms with Crippen molar-refractivity contribution >= 4 is 5.91 Å². The molecular weight excluding hydrogens is 192 g/mol. The highest BCUT2D eigenvalue weighted by Gasteiger charge is 2.39. The predicted octanol–water partition coefficient (Wildman–Crippen LogP) is -0.0291. The van der Waals surface area contributed by atoms with E-state index in [0.29, 0.717) is 18.4 Å². The normalized spacial score (nSPS) is 32.3. The summed E-state index contributed by atoms with van der Waals surface area (Å²) in [5, 5.41) is 12.3. The Morgan fingerprint density at radius 2 is 2.33 bits per heavy atom. The van der Waals surface area contributed by atoms with Crippen LogP contribution < -0.4 is 5.32 Å². The maximum absolute atomic E-state index is 11.6. The van der Waals surface area contributed by atoms with Gasteiger partial charge in [-0.15, -0.1) is 0 Å². The van der Waals surface area contributed by atoms with Crippen LogP contribution in [0.3, 0.4) is 0 Å². The van der Waals surface area contributed by atoms with Crippen molar-refractivity contribution in [2.45, 2.75) is 25.7 Å². The van der Waals surface area contributed by atoms with E-state index in [9.17, 15) is 4.79 Å². The third-order valence-corrected chi connectivity index (χ3v) is 3.68. The quantitative estimate of drug-likeness (QED) is 0.676. The Hall–Kier alpha value is -0.610. The molecule has 1 spiro atoms. The molecule has 86 valence electrons. The second kappa shape index (κ2) is 4.49. The highest BCUT2D eigenvalue weighted by molar-refractivity contribution is 5.77. The molecule has 4 nitrogen and oxygen atoms in total. The fourth-order valence-corrected chi connectivity index (χ4v) is 2.81. The van der Waals surface area contributed by atoms with Crippen LogP contribution in [-0.4, -0.2) is 48.7 Å². The van der Waals surface area contributed by atoms with Gasteiger partial charge in [-0.05, 0) is 25.8 Å². The molecule has 0 aromatic heterocycles. The van der Waals surface area contributed by atoms with Crippen LogP contribution in [0.4, 0.5) is 0 Å². The topological polar surface area (TPSA) is 52.6 Å². The van der Waals surface area contributed by atoms with Gasteiger partial charge < -0.3 is 15.3 Å². The first-order chi connectivity index (χ1) is 7.26. The van der Waals surface area contributed by atoms with Gasteiger partial charge in [0.05, 0.1) is 6.61 Å². The summed E-state index contributed by atoms with van der Waals surface area (Å²) in [6.45, 7) is 3.55. The lowest BCUT2D eigenvalue weighted by Crippen LogP contribution is -2.53. The minimum Gasteiger partial charge on any atom is -0.395 e. The molecule has 0 saturated carbocycles. The number of nitrogens with zero attached hydrogens (tertiary/aromatic N) is 1. The molecule has 0 radical (unpaired) electrons. The molecule has 2 aliphatic heterocycles. The average molecular weight is 212 g/mol. The summed E-state index contributed by atoms with van der Waals surface area (Å²) < 4.78 is 0. The lowest BCUT2D eigenvalue weighted by Gasteiger charge is -2.45. The fraction of sp³-hybridized carbons (Fsp3) is 0.909. The smallest absolute Gasteiger partial charge is 0.222 e. The van der Waals surface area contributed by atoms with E-state index in [4.69, 9.17) is 5.11 Å². The maximum atomic E-state index is 11.6. The second-order valence-corrected chi connectivity index (χ2v) is 4.82. The number of hydrogen-bond donors (Lipinski definition) is 2. The molecule has 2 rings (SSSR count). The molecule has 2 aliphatic rings. The SMILES string of the molecule is O=C1CCC2(CCCNC2)CN1CCO. The third kappa shape index (κ3) is 2.32. The molecule has 0 aromatic carbocycles. The monoisotopic (exact) mass is 212 g/mol. The van der Waals surface area contributed by atoms with E-state index in [1.54, 1.807) is 0 Å². The minimum absolute atomic E-state index is 0.0786. The average Bonchev–Trinajstić information content (AvgIpc) is 2.26. The molecule has 0 bridgehead atoms. The molecule has 1 atom stereocenters. The molecule has 0 aliphatic carbocycles. The van der Waals surface area contributed by atoms with Crippen LogP contribution >= 0.6 is 0 Å². The van der Waals surface area contributed by atoms with Crippen molar-refractivity contribution < 1.29 is 9.90 Å². The fourth-order valence-electron chi connectivity index (χ4n) is 2.81. The Labute approximate surface area is 90.6 Å². The second-order valence-electron chi connectivity index (χ2n) is 4.82. The summed E-state index contributed by atoms with van der Waals surface area (Å²) >= 11 is 0. The van der Waals surface area contributed by atoms with Crippen LogP contribution in [0.1, 0.15) is 25.7 Å². The number of hydrogen-bond acceptors (Lipinski definition) is 3. The largest absolute Gasteiger partial charge is 0.395 e. The number of β-amino-alcohol motifs (C(OH)–C–C–N with tert-alkyl or cyclic N) is 1. The predicted molar refractivity (Wildman–Crippen MR) is 57.4 cm³/mol. The Balaban J connectivity index is 2.00. The van der Waals surface area contributed by atoms with Gasteiger partial charge in [-0.1, -0.05) is 0 Å². The summed E-state index contributed by atoms with van der Waals surface area (Å²) in [7, 11) is 0. The standard InChI is InChI=1S/C11H20N2O2/c14-7-6-13-9-11(4-2-10(13)15)3-1-5-12-8-11/h12,14H,1-9H2. The van der Waals surface area contributed by atoms with Crippen LogP contribution in [0.15, 0.2) is 0 Å². The Morgan fingerprint density at radius 1 is 1.47 bits per heavy atom. The van der Waals surface area contributed by atoms with Gasteiger partial charge in [0, 0.05) is 31.5 Å². The van der Waals surface area contributed by atoms with Gasteiger partial charge in [-0.2, -0.15) is 0 Å². The van der Waals surface area contributed by atoms with E-state index >= 15 is 0 Å². The summed E-state index contributed by atoms with van der Waals surface area (Å²) in [5.41, 5.74) is 0.293. The van der Waals surface area contributed by atoms with E-state index < -0.39 is 0 Å². The number of piperidine rings is 2. The third-order valence-electron chi connectivity index (χ3n) is 3.68. The van der Waals surface area contributed by atoms with Crippen LogP contribution in [0, 0.1) is 5.41 Å². The highest BCUT2D eigenvalue weighted by atomic mass is 16.3. The molecule has 4 heteroatoms. The van der Waals surface area contributed by atoms with E-state index in [-0.39, 0.29) is 12.5 Å².